The summed E-state index contributed by atoms with van der Waals surface area (Å²) in [5.41, 5.74) is 7.48. The van der Waals surface area contributed by atoms with Crippen LogP contribution in [0.2, 0.25) is 0 Å². The van der Waals surface area contributed by atoms with Crippen LogP contribution < -0.4 is 5.32 Å². The monoisotopic (exact) mass is 356 g/mol. The minimum atomic E-state index is 0.603. The van der Waals surface area contributed by atoms with E-state index in [2.05, 4.69) is 77.6 Å². The summed E-state index contributed by atoms with van der Waals surface area (Å²) in [6.45, 7) is 1.00. The zero-order valence-corrected chi connectivity index (χ0v) is 16.1. The smallest absolute Gasteiger partial charge is 0.0482 e. The van der Waals surface area contributed by atoms with Crippen molar-refractivity contribution < 1.29 is 0 Å². The van der Waals surface area contributed by atoms with Gasteiger partial charge in [0.1, 0.15) is 0 Å². The standard InChI is InChI=1S/C25H28N2/c1-27-24-10-6-5-9-22(24)23-16-18(11-12-25(23)27)15-21-17-20(13-14-26-21)19-7-3-2-4-8-19/h2-10,13,18,21,26H,11-12,14-17H2,1H3. The summed E-state index contributed by atoms with van der Waals surface area (Å²) in [6.07, 6.45) is 8.59. The highest BCUT2D eigenvalue weighted by molar-refractivity contribution is 5.85. The van der Waals surface area contributed by atoms with E-state index in [1.165, 1.54) is 47.7 Å². The topological polar surface area (TPSA) is 17.0 Å². The summed E-state index contributed by atoms with van der Waals surface area (Å²) >= 11 is 0. The van der Waals surface area contributed by atoms with E-state index in [0.717, 1.165) is 18.9 Å². The fraction of sp³-hybridized carbons (Fsp3) is 0.360. The number of aryl methyl sites for hydroxylation is 1. The maximum atomic E-state index is 3.75. The average molecular weight is 357 g/mol. The van der Waals surface area contributed by atoms with Gasteiger partial charge < -0.3 is 9.88 Å². The molecule has 2 nitrogen and oxygen atoms in total. The lowest BCUT2D eigenvalue weighted by molar-refractivity contribution is 0.354. The molecule has 0 radical (unpaired) electrons. The van der Waals surface area contributed by atoms with E-state index in [0.29, 0.717) is 6.04 Å². The highest BCUT2D eigenvalue weighted by Gasteiger charge is 2.27. The van der Waals surface area contributed by atoms with Gasteiger partial charge in [0.2, 0.25) is 0 Å². The van der Waals surface area contributed by atoms with Crippen molar-refractivity contribution in [3.05, 3.63) is 77.5 Å². The van der Waals surface area contributed by atoms with Gasteiger partial charge in [0.15, 0.2) is 0 Å². The Bertz CT molecular complexity index is 980. The Kier molecular flexibility index (Phi) is 4.37. The van der Waals surface area contributed by atoms with Crippen LogP contribution >= 0.6 is 0 Å². The summed E-state index contributed by atoms with van der Waals surface area (Å²) in [4.78, 5) is 0. The first-order valence-corrected chi connectivity index (χ1v) is 10.3. The van der Waals surface area contributed by atoms with Gasteiger partial charge in [-0.3, -0.25) is 0 Å². The largest absolute Gasteiger partial charge is 0.347 e. The molecule has 0 fully saturated rings. The number of nitrogens with zero attached hydrogens (tertiary/aromatic N) is 1. The van der Waals surface area contributed by atoms with Crippen LogP contribution in [0.25, 0.3) is 16.5 Å². The Morgan fingerprint density at radius 2 is 1.81 bits per heavy atom. The molecule has 1 N–H and O–H groups in total. The third-order valence-electron chi connectivity index (χ3n) is 6.61. The molecule has 5 rings (SSSR count). The Hall–Kier alpha value is -2.32. The SMILES string of the molecule is Cn1c2c(c3ccccc31)CC(CC1CC(c3ccccc3)=CCN1)CC2. The van der Waals surface area contributed by atoms with Crippen molar-refractivity contribution in [2.75, 3.05) is 6.54 Å². The van der Waals surface area contributed by atoms with Crippen LogP contribution in [0.1, 0.15) is 36.1 Å². The maximum absolute atomic E-state index is 3.75. The lowest BCUT2D eigenvalue weighted by atomic mass is 9.80. The Morgan fingerprint density at radius 3 is 2.70 bits per heavy atom. The molecule has 0 saturated carbocycles. The first-order chi connectivity index (χ1) is 13.3. The summed E-state index contributed by atoms with van der Waals surface area (Å²) in [5.74, 6) is 0.788. The van der Waals surface area contributed by atoms with Crippen molar-refractivity contribution in [3.8, 4) is 0 Å². The molecule has 1 aromatic heterocycles. The van der Waals surface area contributed by atoms with Gasteiger partial charge in [-0.15, -0.1) is 0 Å². The molecule has 0 saturated heterocycles. The van der Waals surface area contributed by atoms with E-state index in [1.54, 1.807) is 11.3 Å². The van der Waals surface area contributed by atoms with E-state index >= 15 is 0 Å². The number of rotatable bonds is 3. The van der Waals surface area contributed by atoms with Gasteiger partial charge in [0, 0.05) is 36.2 Å². The molecular formula is C25H28N2. The molecule has 138 valence electrons. The van der Waals surface area contributed by atoms with E-state index in [9.17, 15) is 0 Å². The molecule has 1 aliphatic carbocycles. The number of benzene rings is 2. The van der Waals surface area contributed by atoms with Gasteiger partial charge >= 0.3 is 0 Å². The van der Waals surface area contributed by atoms with E-state index in [-0.39, 0.29) is 0 Å². The average Bonchev–Trinajstić information content (AvgIpc) is 3.01. The van der Waals surface area contributed by atoms with E-state index in [1.807, 2.05) is 0 Å². The number of para-hydroxylation sites is 1. The van der Waals surface area contributed by atoms with Crippen LogP contribution in [0.4, 0.5) is 0 Å². The van der Waals surface area contributed by atoms with Crippen LogP contribution in [0.5, 0.6) is 0 Å². The molecule has 0 spiro atoms. The van der Waals surface area contributed by atoms with Gasteiger partial charge in [-0.05, 0) is 60.8 Å². The van der Waals surface area contributed by atoms with E-state index < -0.39 is 0 Å². The number of aromatic nitrogens is 1. The molecule has 2 heterocycles. The zero-order valence-electron chi connectivity index (χ0n) is 16.1. The highest BCUT2D eigenvalue weighted by atomic mass is 15.0. The molecule has 1 aliphatic heterocycles. The lowest BCUT2D eigenvalue weighted by Crippen LogP contribution is -2.35. The fourth-order valence-electron chi connectivity index (χ4n) is 5.23. The van der Waals surface area contributed by atoms with Crippen molar-refractivity contribution in [1.29, 1.82) is 0 Å². The first kappa shape index (κ1) is 16.8. The normalized spacial score (nSPS) is 22.5. The zero-order chi connectivity index (χ0) is 18.2. The van der Waals surface area contributed by atoms with Gasteiger partial charge in [-0.2, -0.15) is 0 Å². The second kappa shape index (κ2) is 7.01. The predicted molar refractivity (Wildman–Crippen MR) is 114 cm³/mol. The Balaban J connectivity index is 1.32. The molecule has 2 atom stereocenters. The summed E-state index contributed by atoms with van der Waals surface area (Å²) in [7, 11) is 2.24. The van der Waals surface area contributed by atoms with Crippen LogP contribution in [-0.2, 0) is 19.9 Å². The van der Waals surface area contributed by atoms with Crippen molar-refractivity contribution >= 4 is 16.5 Å². The number of nitrogens with one attached hydrogen (secondary N) is 1. The van der Waals surface area contributed by atoms with Gasteiger partial charge in [0.25, 0.3) is 0 Å². The fourth-order valence-corrected chi connectivity index (χ4v) is 5.23. The third kappa shape index (κ3) is 3.12. The predicted octanol–water partition coefficient (Wildman–Crippen LogP) is 5.12. The van der Waals surface area contributed by atoms with Gasteiger partial charge in [0.05, 0.1) is 0 Å². The summed E-state index contributed by atoms with van der Waals surface area (Å²) in [5, 5.41) is 5.22. The lowest BCUT2D eigenvalue weighted by Gasteiger charge is -2.30. The second-order valence-corrected chi connectivity index (χ2v) is 8.25. The van der Waals surface area contributed by atoms with Crippen molar-refractivity contribution in [1.82, 2.24) is 9.88 Å². The summed E-state index contributed by atoms with van der Waals surface area (Å²) < 4.78 is 2.43. The highest BCUT2D eigenvalue weighted by Crippen LogP contribution is 2.36. The molecule has 27 heavy (non-hydrogen) atoms. The van der Waals surface area contributed by atoms with Crippen LogP contribution in [-0.4, -0.2) is 17.2 Å². The minimum Gasteiger partial charge on any atom is -0.347 e. The Labute approximate surface area is 161 Å². The van der Waals surface area contributed by atoms with E-state index in [4.69, 9.17) is 0 Å². The first-order valence-electron chi connectivity index (χ1n) is 10.3. The van der Waals surface area contributed by atoms with Crippen LogP contribution in [0, 0.1) is 5.92 Å². The quantitative estimate of drug-likeness (QED) is 0.689. The molecule has 2 aliphatic rings. The third-order valence-corrected chi connectivity index (χ3v) is 6.61. The van der Waals surface area contributed by atoms with Crippen molar-refractivity contribution in [3.63, 3.8) is 0 Å². The van der Waals surface area contributed by atoms with Crippen molar-refractivity contribution in [2.45, 2.75) is 38.1 Å². The molecule has 2 aromatic carbocycles. The number of hydrogen-bond acceptors (Lipinski definition) is 1. The van der Waals surface area contributed by atoms with Gasteiger partial charge in [-0.1, -0.05) is 54.6 Å². The molecular weight excluding hydrogens is 328 g/mol. The number of hydrogen-bond donors (Lipinski definition) is 1. The number of fused-ring (bicyclic) bond motifs is 3. The van der Waals surface area contributed by atoms with Crippen LogP contribution in [0.15, 0.2) is 60.7 Å². The molecule has 3 aromatic rings. The minimum absolute atomic E-state index is 0.603. The maximum Gasteiger partial charge on any atom is 0.0482 e. The molecule has 2 heteroatoms. The van der Waals surface area contributed by atoms with Crippen molar-refractivity contribution in [2.24, 2.45) is 13.0 Å². The summed E-state index contributed by atoms with van der Waals surface area (Å²) in [6, 6.07) is 20.4. The molecule has 0 bridgehead atoms. The molecule has 2 unspecified atom stereocenters. The Morgan fingerprint density at radius 1 is 1.00 bits per heavy atom. The van der Waals surface area contributed by atoms with Crippen LogP contribution in [0.3, 0.4) is 0 Å². The van der Waals surface area contributed by atoms with Gasteiger partial charge in [-0.25, -0.2) is 0 Å². The molecule has 0 amide bonds. The second-order valence-electron chi connectivity index (χ2n) is 8.25.